The quantitative estimate of drug-likeness (QED) is 0.775. The van der Waals surface area contributed by atoms with Crippen LogP contribution in [0.1, 0.15) is 37.2 Å². The predicted molar refractivity (Wildman–Crippen MR) is 67.6 cm³/mol. The summed E-state index contributed by atoms with van der Waals surface area (Å²) in [6, 6.07) is 2.23. The van der Waals surface area contributed by atoms with Crippen LogP contribution in [0.4, 0.5) is 0 Å². The van der Waals surface area contributed by atoms with Gasteiger partial charge in [-0.15, -0.1) is 0 Å². The first-order chi connectivity index (χ1) is 7.60. The lowest BCUT2D eigenvalue weighted by Gasteiger charge is -2.10. The third-order valence-electron chi connectivity index (χ3n) is 3.16. The molecule has 0 saturated heterocycles. The van der Waals surface area contributed by atoms with Gasteiger partial charge in [-0.3, -0.25) is 0 Å². The zero-order valence-electron chi connectivity index (χ0n) is 10.9. The molecule has 0 amide bonds. The van der Waals surface area contributed by atoms with Gasteiger partial charge in [0.15, 0.2) is 0 Å². The van der Waals surface area contributed by atoms with Crippen molar-refractivity contribution < 1.29 is 5.11 Å². The number of aliphatic hydroxyl groups excluding tert-OH is 1. The van der Waals surface area contributed by atoms with E-state index in [1.807, 2.05) is 6.92 Å². The molecule has 1 rings (SSSR count). The molecule has 92 valence electrons. The summed E-state index contributed by atoms with van der Waals surface area (Å²) in [5.74, 6) is 0. The highest BCUT2D eigenvalue weighted by Gasteiger charge is 2.07. The molecule has 0 aliphatic carbocycles. The smallest absolute Gasteiger partial charge is 0.0662 e. The van der Waals surface area contributed by atoms with Crippen molar-refractivity contribution >= 4 is 0 Å². The molecule has 1 aromatic rings. The highest BCUT2D eigenvalue weighted by Crippen LogP contribution is 2.14. The first-order valence-electron chi connectivity index (χ1n) is 6.14. The van der Waals surface area contributed by atoms with E-state index in [1.165, 1.54) is 17.0 Å². The van der Waals surface area contributed by atoms with E-state index in [-0.39, 0.29) is 6.10 Å². The van der Waals surface area contributed by atoms with E-state index < -0.39 is 0 Å². The van der Waals surface area contributed by atoms with Crippen LogP contribution in [-0.2, 0) is 13.1 Å². The predicted octanol–water partition coefficient (Wildman–Crippen LogP) is 1.99. The van der Waals surface area contributed by atoms with Crippen LogP contribution in [0.25, 0.3) is 0 Å². The Balaban J connectivity index is 2.54. The summed E-state index contributed by atoms with van der Waals surface area (Å²) in [6.45, 7) is 11.0. The molecule has 2 N–H and O–H groups in total. The number of hydrogen-bond acceptors (Lipinski definition) is 2. The second-order valence-corrected chi connectivity index (χ2v) is 4.33. The molecule has 0 aliphatic heterocycles. The Labute approximate surface area is 98.5 Å². The van der Waals surface area contributed by atoms with E-state index in [0.29, 0.717) is 6.54 Å². The Hall–Kier alpha value is -0.800. The van der Waals surface area contributed by atoms with Crippen LogP contribution >= 0.6 is 0 Å². The van der Waals surface area contributed by atoms with Crippen LogP contribution in [0.3, 0.4) is 0 Å². The topological polar surface area (TPSA) is 37.2 Å². The van der Waals surface area contributed by atoms with E-state index in [1.54, 1.807) is 0 Å². The van der Waals surface area contributed by atoms with Gasteiger partial charge in [0, 0.05) is 31.0 Å². The average molecular weight is 224 g/mol. The largest absolute Gasteiger partial charge is 0.392 e. The molecule has 1 atom stereocenters. The second-order valence-electron chi connectivity index (χ2n) is 4.33. The molecule has 0 fully saturated rings. The SMILES string of the molecule is CCC(O)CNCc1cc(C)n(CC)c1C. The molecule has 1 aromatic heterocycles. The summed E-state index contributed by atoms with van der Waals surface area (Å²) in [4.78, 5) is 0. The van der Waals surface area contributed by atoms with Crippen molar-refractivity contribution in [3.63, 3.8) is 0 Å². The molecule has 3 heteroatoms. The zero-order chi connectivity index (χ0) is 12.1. The number of rotatable bonds is 6. The third-order valence-corrected chi connectivity index (χ3v) is 3.16. The summed E-state index contributed by atoms with van der Waals surface area (Å²) in [5, 5.41) is 12.7. The molecule has 0 aliphatic rings. The first kappa shape index (κ1) is 13.3. The number of aromatic nitrogens is 1. The molecule has 0 bridgehead atoms. The standard InChI is InChI=1S/C13H24N2O/c1-5-13(16)9-14-8-12-7-10(3)15(6-2)11(12)4/h7,13-14,16H,5-6,8-9H2,1-4H3. The maximum Gasteiger partial charge on any atom is 0.0662 e. The van der Waals surface area contributed by atoms with Gasteiger partial charge in [0.05, 0.1) is 6.10 Å². The summed E-state index contributed by atoms with van der Waals surface area (Å²) < 4.78 is 2.31. The highest BCUT2D eigenvalue weighted by molar-refractivity contribution is 5.26. The van der Waals surface area contributed by atoms with Gasteiger partial charge in [0.1, 0.15) is 0 Å². The normalized spacial score (nSPS) is 13.1. The van der Waals surface area contributed by atoms with E-state index in [9.17, 15) is 5.11 Å². The van der Waals surface area contributed by atoms with Crippen molar-refractivity contribution in [2.24, 2.45) is 0 Å². The van der Waals surface area contributed by atoms with E-state index in [0.717, 1.165) is 19.5 Å². The van der Waals surface area contributed by atoms with Gasteiger partial charge in [0.2, 0.25) is 0 Å². The van der Waals surface area contributed by atoms with Crippen molar-refractivity contribution in [3.8, 4) is 0 Å². The van der Waals surface area contributed by atoms with Gasteiger partial charge in [-0.25, -0.2) is 0 Å². The van der Waals surface area contributed by atoms with Crippen molar-refractivity contribution in [2.75, 3.05) is 6.54 Å². The van der Waals surface area contributed by atoms with Gasteiger partial charge in [-0.2, -0.15) is 0 Å². The minimum atomic E-state index is -0.227. The van der Waals surface area contributed by atoms with Gasteiger partial charge in [-0.05, 0) is 38.8 Å². The second kappa shape index (κ2) is 6.06. The fraction of sp³-hybridized carbons (Fsp3) is 0.692. The Morgan fingerprint density at radius 3 is 2.56 bits per heavy atom. The Morgan fingerprint density at radius 1 is 1.38 bits per heavy atom. The van der Waals surface area contributed by atoms with Crippen LogP contribution in [-0.4, -0.2) is 22.3 Å². The van der Waals surface area contributed by atoms with Crippen molar-refractivity contribution in [1.29, 1.82) is 0 Å². The lowest BCUT2D eigenvalue weighted by atomic mass is 10.2. The number of nitrogens with zero attached hydrogens (tertiary/aromatic N) is 1. The molecule has 1 heterocycles. The van der Waals surface area contributed by atoms with Crippen molar-refractivity contribution in [1.82, 2.24) is 9.88 Å². The lowest BCUT2D eigenvalue weighted by Crippen LogP contribution is -2.25. The molecular formula is C13H24N2O. The van der Waals surface area contributed by atoms with Gasteiger partial charge < -0.3 is 15.0 Å². The Bertz CT molecular complexity index is 331. The minimum Gasteiger partial charge on any atom is -0.392 e. The minimum absolute atomic E-state index is 0.227. The van der Waals surface area contributed by atoms with Crippen molar-refractivity contribution in [2.45, 2.75) is 53.3 Å². The molecule has 0 spiro atoms. The van der Waals surface area contributed by atoms with E-state index in [2.05, 4.69) is 36.7 Å². The van der Waals surface area contributed by atoms with Crippen LogP contribution in [0, 0.1) is 13.8 Å². The molecule has 1 unspecified atom stereocenters. The van der Waals surface area contributed by atoms with Gasteiger partial charge >= 0.3 is 0 Å². The lowest BCUT2D eigenvalue weighted by molar-refractivity contribution is 0.167. The van der Waals surface area contributed by atoms with E-state index in [4.69, 9.17) is 0 Å². The number of hydrogen-bond donors (Lipinski definition) is 2. The number of aliphatic hydroxyl groups is 1. The van der Waals surface area contributed by atoms with Crippen LogP contribution < -0.4 is 5.32 Å². The first-order valence-corrected chi connectivity index (χ1v) is 6.14. The maximum atomic E-state index is 9.44. The molecule has 0 aromatic carbocycles. The summed E-state index contributed by atoms with van der Waals surface area (Å²) in [5.41, 5.74) is 3.98. The summed E-state index contributed by atoms with van der Waals surface area (Å²) >= 11 is 0. The average Bonchev–Trinajstić information content (AvgIpc) is 2.53. The number of aryl methyl sites for hydroxylation is 1. The maximum absolute atomic E-state index is 9.44. The number of nitrogens with one attached hydrogen (secondary N) is 1. The fourth-order valence-electron chi connectivity index (χ4n) is 2.06. The van der Waals surface area contributed by atoms with Crippen LogP contribution in [0.2, 0.25) is 0 Å². The van der Waals surface area contributed by atoms with Gasteiger partial charge in [0.25, 0.3) is 0 Å². The fourth-order valence-corrected chi connectivity index (χ4v) is 2.06. The molecule has 3 nitrogen and oxygen atoms in total. The summed E-state index contributed by atoms with van der Waals surface area (Å²) in [7, 11) is 0. The zero-order valence-corrected chi connectivity index (χ0v) is 10.9. The van der Waals surface area contributed by atoms with Gasteiger partial charge in [-0.1, -0.05) is 6.92 Å². The third kappa shape index (κ3) is 3.09. The summed E-state index contributed by atoms with van der Waals surface area (Å²) in [6.07, 6.45) is 0.579. The Kier molecular flexibility index (Phi) is 5.03. The van der Waals surface area contributed by atoms with Crippen molar-refractivity contribution in [3.05, 3.63) is 23.0 Å². The Morgan fingerprint density at radius 2 is 2.06 bits per heavy atom. The molecule has 16 heavy (non-hydrogen) atoms. The molecule has 0 saturated carbocycles. The molecule has 0 radical (unpaired) electrons. The molecular weight excluding hydrogens is 200 g/mol. The highest BCUT2D eigenvalue weighted by atomic mass is 16.3. The monoisotopic (exact) mass is 224 g/mol. The van der Waals surface area contributed by atoms with E-state index >= 15 is 0 Å². The van der Waals surface area contributed by atoms with Crippen LogP contribution in [0.5, 0.6) is 0 Å². The van der Waals surface area contributed by atoms with Crippen LogP contribution in [0.15, 0.2) is 6.07 Å².